The van der Waals surface area contributed by atoms with Gasteiger partial charge in [0.1, 0.15) is 0 Å². The minimum absolute atomic E-state index is 0.875. The van der Waals surface area contributed by atoms with E-state index in [9.17, 15) is 0 Å². The SMILES string of the molecule is C=C(Br)/C(=C/Cl)CCC=C(C)C. The van der Waals surface area contributed by atoms with Gasteiger partial charge in [-0.25, -0.2) is 0 Å². The van der Waals surface area contributed by atoms with E-state index in [1.165, 1.54) is 5.57 Å². The van der Waals surface area contributed by atoms with E-state index < -0.39 is 0 Å². The smallest absolute Gasteiger partial charge is 0.0144 e. The van der Waals surface area contributed by atoms with E-state index in [0.29, 0.717) is 0 Å². The number of allylic oxidation sites excluding steroid dienone is 4. The summed E-state index contributed by atoms with van der Waals surface area (Å²) in [6, 6.07) is 0. The average Bonchev–Trinajstić information content (AvgIpc) is 1.96. The van der Waals surface area contributed by atoms with Crippen molar-refractivity contribution in [3.05, 3.63) is 33.8 Å². The predicted octanol–water partition coefficient (Wildman–Crippen LogP) is 4.76. The molecule has 0 nitrogen and oxygen atoms in total. The van der Waals surface area contributed by atoms with Crippen LogP contribution in [0, 0.1) is 0 Å². The van der Waals surface area contributed by atoms with Gasteiger partial charge in [-0.1, -0.05) is 45.8 Å². The van der Waals surface area contributed by atoms with Crippen LogP contribution in [0.5, 0.6) is 0 Å². The Balaban J connectivity index is 3.92. The highest BCUT2D eigenvalue weighted by Crippen LogP contribution is 2.21. The first kappa shape index (κ1) is 12.0. The predicted molar refractivity (Wildman–Crippen MR) is 60.7 cm³/mol. The lowest BCUT2D eigenvalue weighted by atomic mass is 10.1. The molecule has 0 aromatic heterocycles. The van der Waals surface area contributed by atoms with Crippen LogP contribution < -0.4 is 0 Å². The maximum absolute atomic E-state index is 5.60. The van der Waals surface area contributed by atoms with Gasteiger partial charge in [0.15, 0.2) is 0 Å². The van der Waals surface area contributed by atoms with E-state index in [1.807, 2.05) is 0 Å². The second kappa shape index (κ2) is 6.50. The van der Waals surface area contributed by atoms with Crippen molar-refractivity contribution in [1.82, 2.24) is 0 Å². The lowest BCUT2D eigenvalue weighted by Gasteiger charge is -2.00. The molecule has 0 aliphatic rings. The molecule has 0 atom stereocenters. The molecule has 0 fully saturated rings. The normalized spacial score (nSPS) is 11.2. The van der Waals surface area contributed by atoms with Crippen molar-refractivity contribution in [3.63, 3.8) is 0 Å². The average molecular weight is 250 g/mol. The third kappa shape index (κ3) is 5.62. The molecule has 12 heavy (non-hydrogen) atoms. The summed E-state index contributed by atoms with van der Waals surface area (Å²) >= 11 is 8.90. The van der Waals surface area contributed by atoms with Crippen molar-refractivity contribution < 1.29 is 0 Å². The first-order chi connectivity index (χ1) is 5.57. The summed E-state index contributed by atoms with van der Waals surface area (Å²) in [5.41, 5.74) is 3.98. The Morgan fingerprint density at radius 1 is 1.50 bits per heavy atom. The molecule has 0 saturated heterocycles. The molecule has 0 heterocycles. The Kier molecular flexibility index (Phi) is 6.49. The molecule has 0 bridgehead atoms. The molecule has 0 spiro atoms. The fraction of sp³-hybridized carbons (Fsp3) is 0.400. The summed E-state index contributed by atoms with van der Waals surface area (Å²) in [6.07, 6.45) is 4.15. The Morgan fingerprint density at radius 3 is 2.42 bits per heavy atom. The molecule has 0 aliphatic carbocycles. The Bertz CT molecular complexity index is 210. The standard InChI is InChI=1S/C10H14BrCl/c1-8(2)5-4-6-10(7-12)9(3)11/h5,7H,3-4,6H2,1-2H3/b10-7+. The zero-order valence-corrected chi connectivity index (χ0v) is 9.87. The molecular weight excluding hydrogens is 235 g/mol. The summed E-state index contributed by atoms with van der Waals surface area (Å²) in [4.78, 5) is 0. The number of rotatable bonds is 4. The van der Waals surface area contributed by atoms with Gasteiger partial charge < -0.3 is 0 Å². The van der Waals surface area contributed by atoms with E-state index in [2.05, 4.69) is 42.4 Å². The van der Waals surface area contributed by atoms with E-state index >= 15 is 0 Å². The van der Waals surface area contributed by atoms with Crippen molar-refractivity contribution in [2.75, 3.05) is 0 Å². The summed E-state index contributed by atoms with van der Waals surface area (Å²) in [5.74, 6) is 0. The molecule has 0 amide bonds. The van der Waals surface area contributed by atoms with Crippen molar-refractivity contribution >= 4 is 27.5 Å². The van der Waals surface area contributed by atoms with E-state index in [0.717, 1.165) is 22.9 Å². The van der Waals surface area contributed by atoms with Crippen molar-refractivity contribution in [2.45, 2.75) is 26.7 Å². The Labute approximate surface area is 88.1 Å². The first-order valence-electron chi connectivity index (χ1n) is 3.85. The fourth-order valence-electron chi connectivity index (χ4n) is 0.766. The molecule has 0 rings (SSSR count). The van der Waals surface area contributed by atoms with E-state index in [-0.39, 0.29) is 0 Å². The fourth-order valence-corrected chi connectivity index (χ4v) is 1.45. The molecule has 0 aliphatic heterocycles. The van der Waals surface area contributed by atoms with Crippen LogP contribution in [0.2, 0.25) is 0 Å². The molecule has 68 valence electrons. The largest absolute Gasteiger partial charge is 0.0926 e. The van der Waals surface area contributed by atoms with Crippen LogP contribution in [0.3, 0.4) is 0 Å². The van der Waals surface area contributed by atoms with Crippen molar-refractivity contribution in [1.29, 1.82) is 0 Å². The van der Waals surface area contributed by atoms with Crippen LogP contribution in [-0.4, -0.2) is 0 Å². The molecular formula is C10H14BrCl. The molecule has 0 saturated carbocycles. The van der Waals surface area contributed by atoms with Gasteiger partial charge in [0.25, 0.3) is 0 Å². The first-order valence-corrected chi connectivity index (χ1v) is 5.08. The van der Waals surface area contributed by atoms with E-state index in [1.54, 1.807) is 5.54 Å². The van der Waals surface area contributed by atoms with Gasteiger partial charge in [-0.2, -0.15) is 0 Å². The third-order valence-corrected chi connectivity index (χ3v) is 2.22. The third-order valence-electron chi connectivity index (χ3n) is 1.45. The van der Waals surface area contributed by atoms with Crippen LogP contribution in [0.25, 0.3) is 0 Å². The monoisotopic (exact) mass is 248 g/mol. The van der Waals surface area contributed by atoms with Crippen molar-refractivity contribution in [2.24, 2.45) is 0 Å². The Hall–Kier alpha value is -0.0100. The quantitative estimate of drug-likeness (QED) is 0.497. The summed E-state index contributed by atoms with van der Waals surface area (Å²) in [6.45, 7) is 7.95. The minimum Gasteiger partial charge on any atom is -0.0926 e. The lowest BCUT2D eigenvalue weighted by molar-refractivity contribution is 0.995. The number of hydrogen-bond acceptors (Lipinski definition) is 0. The highest BCUT2D eigenvalue weighted by Gasteiger charge is 1.96. The van der Waals surface area contributed by atoms with Gasteiger partial charge >= 0.3 is 0 Å². The molecule has 0 aromatic carbocycles. The number of hydrogen-bond donors (Lipinski definition) is 0. The van der Waals surface area contributed by atoms with Gasteiger partial charge in [0, 0.05) is 10.0 Å². The number of halogens is 2. The minimum atomic E-state index is 0.875. The highest BCUT2D eigenvalue weighted by molar-refractivity contribution is 9.11. The highest BCUT2D eigenvalue weighted by atomic mass is 79.9. The molecule has 0 N–H and O–H groups in total. The summed E-state index contributed by atoms with van der Waals surface area (Å²) in [7, 11) is 0. The van der Waals surface area contributed by atoms with Crippen LogP contribution in [-0.2, 0) is 0 Å². The topological polar surface area (TPSA) is 0 Å². The lowest BCUT2D eigenvalue weighted by Crippen LogP contribution is -1.80. The maximum Gasteiger partial charge on any atom is 0.0144 e. The van der Waals surface area contributed by atoms with Crippen LogP contribution in [0.1, 0.15) is 26.7 Å². The molecule has 2 heteroatoms. The second-order valence-electron chi connectivity index (χ2n) is 2.86. The van der Waals surface area contributed by atoms with Gasteiger partial charge in [-0.15, -0.1) is 0 Å². The van der Waals surface area contributed by atoms with Gasteiger partial charge in [0.05, 0.1) is 0 Å². The summed E-state index contributed by atoms with van der Waals surface area (Å²) < 4.78 is 0.875. The maximum atomic E-state index is 5.60. The zero-order chi connectivity index (χ0) is 9.56. The van der Waals surface area contributed by atoms with Crippen LogP contribution >= 0.6 is 27.5 Å². The second-order valence-corrected chi connectivity index (χ2v) is 4.03. The van der Waals surface area contributed by atoms with E-state index in [4.69, 9.17) is 11.6 Å². The molecule has 0 radical (unpaired) electrons. The van der Waals surface area contributed by atoms with Crippen LogP contribution in [0.15, 0.2) is 33.8 Å². The molecule has 0 aromatic rings. The van der Waals surface area contributed by atoms with Gasteiger partial charge in [0.2, 0.25) is 0 Å². The summed E-state index contributed by atoms with van der Waals surface area (Å²) in [5, 5.41) is 0. The van der Waals surface area contributed by atoms with Crippen LogP contribution in [0.4, 0.5) is 0 Å². The van der Waals surface area contributed by atoms with Crippen molar-refractivity contribution in [3.8, 4) is 0 Å². The van der Waals surface area contributed by atoms with Gasteiger partial charge in [-0.3, -0.25) is 0 Å². The van der Waals surface area contributed by atoms with Gasteiger partial charge in [-0.05, 0) is 32.3 Å². The Morgan fingerprint density at radius 2 is 2.08 bits per heavy atom. The zero-order valence-electron chi connectivity index (χ0n) is 7.53. The molecule has 0 unspecified atom stereocenters.